The molecule has 0 radical (unpaired) electrons. The first-order valence-corrected chi connectivity index (χ1v) is 13.9. The zero-order chi connectivity index (χ0) is 28.9. The van der Waals surface area contributed by atoms with Crippen molar-refractivity contribution >= 4 is 27.5 Å². The molecule has 4 aromatic rings. The first kappa shape index (κ1) is 27.1. The zero-order valence-corrected chi connectivity index (χ0v) is 22.0. The number of halogens is 4. The summed E-state index contributed by atoms with van der Waals surface area (Å²) in [5.41, 5.74) is 7.69. The van der Waals surface area contributed by atoms with E-state index in [0.717, 1.165) is 23.1 Å². The fourth-order valence-electron chi connectivity index (χ4n) is 4.56. The fraction of sp³-hybridized carbons (Fsp3) is 0.143. The Kier molecular flexibility index (Phi) is 6.74. The highest BCUT2D eigenvalue weighted by Gasteiger charge is 2.27. The van der Waals surface area contributed by atoms with Gasteiger partial charge in [0.2, 0.25) is 5.82 Å². The SMILES string of the molecule is Cc1cc(Oc2cccc(F)c2F)cc(F)c1-n1ncc(C(=O)C2=Cc3cc(F)c(CS(C)(=O)=O)cc3C2)c1N. The largest absolute Gasteiger partial charge is 0.454 e. The number of sulfone groups is 1. The summed E-state index contributed by atoms with van der Waals surface area (Å²) in [5, 5.41) is 4.08. The number of ketones is 1. The van der Waals surface area contributed by atoms with Crippen LogP contribution in [0.3, 0.4) is 0 Å². The van der Waals surface area contributed by atoms with Crippen molar-refractivity contribution in [1.82, 2.24) is 9.78 Å². The number of allylic oxidation sites excluding steroid dienone is 1. The number of aromatic nitrogens is 2. The fourth-order valence-corrected chi connectivity index (χ4v) is 5.35. The number of rotatable bonds is 7. The molecule has 1 aliphatic rings. The molecule has 0 atom stereocenters. The van der Waals surface area contributed by atoms with E-state index in [4.69, 9.17) is 10.5 Å². The molecule has 206 valence electrons. The molecule has 40 heavy (non-hydrogen) atoms. The standard InChI is InChI=1S/C28H21F4N3O4S/c1-14-6-19(39-24-5-3-4-21(29)25(24)32)11-23(31)26(14)35-28(33)20(12-34-35)27(36)17-7-15-9-18(13-40(2,37)38)22(30)10-16(15)8-17/h3-6,8-12H,7,13,33H2,1-2H3. The molecular weight excluding hydrogens is 550 g/mol. The van der Waals surface area contributed by atoms with Gasteiger partial charge in [-0.2, -0.15) is 9.49 Å². The van der Waals surface area contributed by atoms with Crippen LogP contribution in [0.1, 0.15) is 32.6 Å². The van der Waals surface area contributed by atoms with Crippen LogP contribution < -0.4 is 10.5 Å². The Morgan fingerprint density at radius 2 is 1.82 bits per heavy atom. The van der Waals surface area contributed by atoms with Gasteiger partial charge in [0.05, 0.1) is 17.5 Å². The van der Waals surface area contributed by atoms with Crippen LogP contribution in [0.25, 0.3) is 11.8 Å². The van der Waals surface area contributed by atoms with Gasteiger partial charge in [-0.1, -0.05) is 12.1 Å². The van der Waals surface area contributed by atoms with Gasteiger partial charge >= 0.3 is 0 Å². The Morgan fingerprint density at radius 3 is 2.52 bits per heavy atom. The molecule has 5 rings (SSSR count). The van der Waals surface area contributed by atoms with E-state index in [0.29, 0.717) is 11.1 Å². The predicted molar refractivity (Wildman–Crippen MR) is 140 cm³/mol. The Bertz CT molecular complexity index is 1830. The quantitative estimate of drug-likeness (QED) is 0.233. The first-order valence-electron chi connectivity index (χ1n) is 11.8. The molecule has 0 saturated carbocycles. The average Bonchev–Trinajstić information content (AvgIpc) is 3.44. The third-order valence-electron chi connectivity index (χ3n) is 6.36. The second-order valence-electron chi connectivity index (χ2n) is 9.47. The minimum absolute atomic E-state index is 0.00852. The van der Waals surface area contributed by atoms with Crippen molar-refractivity contribution in [2.45, 2.75) is 19.1 Å². The van der Waals surface area contributed by atoms with E-state index in [1.165, 1.54) is 49.5 Å². The van der Waals surface area contributed by atoms with Crippen LogP contribution in [-0.4, -0.2) is 30.2 Å². The number of Topliss-reactive ketones (excluding diaryl/α,β-unsaturated/α-hetero) is 1. The number of nitrogen functional groups attached to an aromatic ring is 1. The van der Waals surface area contributed by atoms with E-state index in [-0.39, 0.29) is 45.9 Å². The number of hydrogen-bond acceptors (Lipinski definition) is 6. The van der Waals surface area contributed by atoms with Gasteiger partial charge in [-0.15, -0.1) is 0 Å². The van der Waals surface area contributed by atoms with Crippen molar-refractivity contribution in [1.29, 1.82) is 0 Å². The number of ether oxygens (including phenoxy) is 1. The average molecular weight is 572 g/mol. The maximum atomic E-state index is 15.2. The van der Waals surface area contributed by atoms with Crippen molar-refractivity contribution in [3.05, 3.63) is 105 Å². The van der Waals surface area contributed by atoms with Gasteiger partial charge in [0.15, 0.2) is 33.0 Å². The number of benzene rings is 3. The van der Waals surface area contributed by atoms with Crippen molar-refractivity contribution in [2.75, 3.05) is 12.0 Å². The molecule has 1 heterocycles. The minimum atomic E-state index is -3.47. The van der Waals surface area contributed by atoms with Crippen LogP contribution in [0.5, 0.6) is 11.5 Å². The van der Waals surface area contributed by atoms with E-state index >= 15 is 4.39 Å². The van der Waals surface area contributed by atoms with Crippen molar-refractivity contribution in [3.63, 3.8) is 0 Å². The molecule has 0 fully saturated rings. The number of nitrogens with zero attached hydrogens (tertiary/aromatic N) is 2. The van der Waals surface area contributed by atoms with E-state index < -0.39 is 50.4 Å². The molecule has 0 unspecified atom stereocenters. The van der Waals surface area contributed by atoms with Crippen LogP contribution in [0.15, 0.2) is 54.2 Å². The number of carbonyl (C=O) groups excluding carboxylic acids is 1. The lowest BCUT2D eigenvalue weighted by Crippen LogP contribution is -2.10. The van der Waals surface area contributed by atoms with Gasteiger partial charge < -0.3 is 10.5 Å². The Hall–Kier alpha value is -4.45. The molecule has 7 nitrogen and oxygen atoms in total. The third kappa shape index (κ3) is 5.09. The zero-order valence-electron chi connectivity index (χ0n) is 21.1. The number of nitrogens with two attached hydrogens (primary N) is 1. The Morgan fingerprint density at radius 1 is 1.07 bits per heavy atom. The van der Waals surface area contributed by atoms with Crippen molar-refractivity contribution < 1.29 is 35.5 Å². The summed E-state index contributed by atoms with van der Waals surface area (Å²) in [6, 6.07) is 8.30. The molecule has 0 saturated heterocycles. The summed E-state index contributed by atoms with van der Waals surface area (Å²) in [7, 11) is -3.47. The summed E-state index contributed by atoms with van der Waals surface area (Å²) >= 11 is 0. The highest BCUT2D eigenvalue weighted by Crippen LogP contribution is 2.34. The maximum absolute atomic E-state index is 15.2. The molecule has 1 aromatic heterocycles. The number of aryl methyl sites for hydroxylation is 1. The predicted octanol–water partition coefficient (Wildman–Crippen LogP) is 5.48. The minimum Gasteiger partial charge on any atom is -0.454 e. The summed E-state index contributed by atoms with van der Waals surface area (Å²) in [4.78, 5) is 13.3. The first-order chi connectivity index (χ1) is 18.8. The summed E-state index contributed by atoms with van der Waals surface area (Å²) in [5.74, 6) is -5.53. The number of carbonyl (C=O) groups is 1. The molecule has 0 bridgehead atoms. The number of fused-ring (bicyclic) bond motifs is 1. The maximum Gasteiger partial charge on any atom is 0.201 e. The van der Waals surface area contributed by atoms with Gasteiger partial charge in [0.25, 0.3) is 0 Å². The van der Waals surface area contributed by atoms with E-state index in [2.05, 4.69) is 5.10 Å². The van der Waals surface area contributed by atoms with Gasteiger partial charge in [0, 0.05) is 29.9 Å². The third-order valence-corrected chi connectivity index (χ3v) is 7.20. The molecule has 3 aromatic carbocycles. The smallest absolute Gasteiger partial charge is 0.201 e. The lowest BCUT2D eigenvalue weighted by atomic mass is 10.0. The monoisotopic (exact) mass is 571 g/mol. The highest BCUT2D eigenvalue weighted by atomic mass is 32.2. The van der Waals surface area contributed by atoms with Crippen LogP contribution in [0, 0.1) is 30.2 Å². The van der Waals surface area contributed by atoms with Gasteiger partial charge in [-0.3, -0.25) is 4.79 Å². The lowest BCUT2D eigenvalue weighted by Gasteiger charge is -2.13. The Labute approximate surface area is 226 Å². The van der Waals surface area contributed by atoms with E-state index in [9.17, 15) is 26.4 Å². The molecule has 0 aliphatic heterocycles. The van der Waals surface area contributed by atoms with Gasteiger partial charge in [-0.05, 0) is 54.0 Å². The van der Waals surface area contributed by atoms with Gasteiger partial charge in [0.1, 0.15) is 23.1 Å². The summed E-state index contributed by atoms with van der Waals surface area (Å²) < 4.78 is 86.7. The van der Waals surface area contributed by atoms with Crippen LogP contribution >= 0.6 is 0 Å². The molecule has 0 amide bonds. The van der Waals surface area contributed by atoms with Crippen LogP contribution in [0.4, 0.5) is 23.4 Å². The van der Waals surface area contributed by atoms with Crippen molar-refractivity contribution in [3.8, 4) is 17.2 Å². The van der Waals surface area contributed by atoms with Gasteiger partial charge in [-0.25, -0.2) is 26.3 Å². The van der Waals surface area contributed by atoms with E-state index in [1.807, 2.05) is 0 Å². The highest BCUT2D eigenvalue weighted by molar-refractivity contribution is 7.89. The second-order valence-corrected chi connectivity index (χ2v) is 11.6. The summed E-state index contributed by atoms with van der Waals surface area (Å²) in [6.45, 7) is 1.52. The normalized spacial score (nSPS) is 12.8. The van der Waals surface area contributed by atoms with E-state index in [1.54, 1.807) is 0 Å². The number of hydrogen-bond donors (Lipinski definition) is 1. The topological polar surface area (TPSA) is 104 Å². The molecular formula is C28H21F4N3O4S. The molecule has 0 spiro atoms. The van der Waals surface area contributed by atoms with Crippen molar-refractivity contribution in [2.24, 2.45) is 0 Å². The molecule has 1 aliphatic carbocycles. The molecule has 12 heteroatoms. The van der Waals surface area contributed by atoms with Crippen LogP contribution in [-0.2, 0) is 22.0 Å². The number of anilines is 1. The second kappa shape index (κ2) is 9.94. The molecule has 2 N–H and O–H groups in total. The summed E-state index contributed by atoms with van der Waals surface area (Å²) in [6.07, 6.45) is 3.79. The van der Waals surface area contributed by atoms with Crippen LogP contribution in [0.2, 0.25) is 0 Å². The lowest BCUT2D eigenvalue weighted by molar-refractivity contribution is 0.103. The Balaban J connectivity index is 1.41.